The van der Waals surface area contributed by atoms with Gasteiger partial charge in [0.05, 0.1) is 24.4 Å². The fourth-order valence-corrected chi connectivity index (χ4v) is 3.12. The number of amides is 1. The van der Waals surface area contributed by atoms with Crippen LogP contribution in [0.2, 0.25) is 0 Å². The molecule has 0 radical (unpaired) electrons. The van der Waals surface area contributed by atoms with Gasteiger partial charge in [0, 0.05) is 38.4 Å². The molecule has 1 aliphatic heterocycles. The molecule has 1 fully saturated rings. The topological polar surface area (TPSA) is 61.6 Å². The predicted molar refractivity (Wildman–Crippen MR) is 86.0 cm³/mol. The number of hydrogen-bond acceptors (Lipinski definition) is 4. The zero-order chi connectivity index (χ0) is 16.1. The van der Waals surface area contributed by atoms with E-state index in [1.165, 1.54) is 0 Å². The van der Waals surface area contributed by atoms with Crippen LogP contribution in [0.1, 0.15) is 48.8 Å². The monoisotopic (exact) mass is 308 g/mol. The van der Waals surface area contributed by atoms with E-state index in [4.69, 9.17) is 5.11 Å². The molecule has 6 nitrogen and oxygen atoms in total. The Morgan fingerprint density at radius 3 is 2.45 bits per heavy atom. The maximum absolute atomic E-state index is 12.7. The molecular formula is C16H28N4O2. The number of piperazine rings is 1. The van der Waals surface area contributed by atoms with Gasteiger partial charge in [-0.05, 0) is 19.8 Å². The van der Waals surface area contributed by atoms with Crippen molar-refractivity contribution in [3.63, 3.8) is 0 Å². The molecule has 0 aromatic carbocycles. The van der Waals surface area contributed by atoms with E-state index in [-0.39, 0.29) is 12.5 Å². The van der Waals surface area contributed by atoms with Gasteiger partial charge in [-0.15, -0.1) is 0 Å². The minimum Gasteiger partial charge on any atom is -0.395 e. The van der Waals surface area contributed by atoms with Crippen molar-refractivity contribution < 1.29 is 9.90 Å². The van der Waals surface area contributed by atoms with E-state index in [1.54, 1.807) is 6.20 Å². The van der Waals surface area contributed by atoms with Gasteiger partial charge in [-0.1, -0.05) is 13.8 Å². The van der Waals surface area contributed by atoms with Crippen LogP contribution >= 0.6 is 0 Å². The third kappa shape index (κ3) is 3.50. The molecule has 1 saturated heterocycles. The van der Waals surface area contributed by atoms with E-state index >= 15 is 0 Å². The number of aliphatic hydroxyl groups excluding tert-OH is 1. The number of carbonyl (C=O) groups excluding carboxylic acids is 1. The lowest BCUT2D eigenvalue weighted by Gasteiger charge is -2.34. The van der Waals surface area contributed by atoms with Crippen LogP contribution in [0.15, 0.2) is 6.20 Å². The van der Waals surface area contributed by atoms with Crippen molar-refractivity contribution in [2.24, 2.45) is 0 Å². The summed E-state index contributed by atoms with van der Waals surface area (Å²) in [6.07, 6.45) is 3.76. The highest BCUT2D eigenvalue weighted by atomic mass is 16.3. The van der Waals surface area contributed by atoms with Crippen LogP contribution in [-0.4, -0.2) is 69.9 Å². The first-order valence-corrected chi connectivity index (χ1v) is 8.28. The zero-order valence-corrected chi connectivity index (χ0v) is 14.0. The standard InChI is InChI=1S/C16H28N4O2/c1-4-14(5-2)20-13(3)15(12-17-20)16(22)19-8-6-18(7-9-19)10-11-21/h12,14,21H,4-11H2,1-3H3. The van der Waals surface area contributed by atoms with Crippen LogP contribution in [0.5, 0.6) is 0 Å². The molecule has 1 aromatic rings. The van der Waals surface area contributed by atoms with Gasteiger partial charge in [-0.2, -0.15) is 5.10 Å². The highest BCUT2D eigenvalue weighted by molar-refractivity contribution is 5.95. The SMILES string of the molecule is CCC(CC)n1ncc(C(=O)N2CCN(CCO)CC2)c1C. The molecule has 2 heterocycles. The van der Waals surface area contributed by atoms with E-state index in [9.17, 15) is 4.79 Å². The molecular weight excluding hydrogens is 280 g/mol. The minimum absolute atomic E-state index is 0.0818. The van der Waals surface area contributed by atoms with Gasteiger partial charge in [0.15, 0.2) is 0 Å². The fraction of sp³-hybridized carbons (Fsp3) is 0.750. The highest BCUT2D eigenvalue weighted by Crippen LogP contribution is 2.20. The Labute approximate surface area is 132 Å². The lowest BCUT2D eigenvalue weighted by Crippen LogP contribution is -2.49. The second-order valence-corrected chi connectivity index (χ2v) is 5.92. The molecule has 22 heavy (non-hydrogen) atoms. The number of rotatable bonds is 6. The summed E-state index contributed by atoms with van der Waals surface area (Å²) in [6.45, 7) is 10.2. The van der Waals surface area contributed by atoms with Crippen LogP contribution in [0.3, 0.4) is 0 Å². The average molecular weight is 308 g/mol. The van der Waals surface area contributed by atoms with Crippen LogP contribution in [-0.2, 0) is 0 Å². The number of aliphatic hydroxyl groups is 1. The van der Waals surface area contributed by atoms with Gasteiger partial charge >= 0.3 is 0 Å². The first-order valence-electron chi connectivity index (χ1n) is 8.28. The molecule has 0 bridgehead atoms. The van der Waals surface area contributed by atoms with Gasteiger partial charge < -0.3 is 10.0 Å². The third-order valence-corrected chi connectivity index (χ3v) is 4.64. The van der Waals surface area contributed by atoms with Gasteiger partial charge in [-0.3, -0.25) is 14.4 Å². The van der Waals surface area contributed by atoms with E-state index in [2.05, 4.69) is 23.8 Å². The Bertz CT molecular complexity index is 488. The molecule has 1 N–H and O–H groups in total. The third-order valence-electron chi connectivity index (χ3n) is 4.64. The summed E-state index contributed by atoms with van der Waals surface area (Å²) >= 11 is 0. The predicted octanol–water partition coefficient (Wildman–Crippen LogP) is 1.30. The van der Waals surface area contributed by atoms with Crippen molar-refractivity contribution in [1.82, 2.24) is 19.6 Å². The summed E-state index contributed by atoms with van der Waals surface area (Å²) in [4.78, 5) is 16.8. The van der Waals surface area contributed by atoms with E-state index in [0.29, 0.717) is 25.7 Å². The Hall–Kier alpha value is -1.40. The first-order chi connectivity index (χ1) is 10.6. The highest BCUT2D eigenvalue weighted by Gasteiger charge is 2.25. The number of nitrogens with zero attached hydrogens (tertiary/aromatic N) is 4. The van der Waals surface area contributed by atoms with Crippen LogP contribution in [0.4, 0.5) is 0 Å². The molecule has 0 spiro atoms. The fourth-order valence-electron chi connectivity index (χ4n) is 3.12. The summed E-state index contributed by atoms with van der Waals surface area (Å²) in [5, 5.41) is 13.4. The number of carbonyl (C=O) groups is 1. The Morgan fingerprint density at radius 2 is 1.91 bits per heavy atom. The molecule has 0 atom stereocenters. The van der Waals surface area contributed by atoms with Crippen molar-refractivity contribution in [2.75, 3.05) is 39.3 Å². The van der Waals surface area contributed by atoms with Crippen molar-refractivity contribution in [3.05, 3.63) is 17.5 Å². The Kier molecular flexibility index (Phi) is 5.97. The normalized spacial score (nSPS) is 16.5. The minimum atomic E-state index is 0.0818. The quantitative estimate of drug-likeness (QED) is 0.860. The molecule has 1 amide bonds. The maximum atomic E-state index is 12.7. The van der Waals surface area contributed by atoms with Gasteiger partial charge in [0.25, 0.3) is 5.91 Å². The van der Waals surface area contributed by atoms with Crippen LogP contribution in [0, 0.1) is 6.92 Å². The largest absolute Gasteiger partial charge is 0.395 e. The van der Waals surface area contributed by atoms with Crippen molar-refractivity contribution in [1.29, 1.82) is 0 Å². The number of β-amino-alcohol motifs (C(OH)–C–C–N with tert-alkyl or cyclic N) is 1. The van der Waals surface area contributed by atoms with E-state index < -0.39 is 0 Å². The molecule has 124 valence electrons. The van der Waals surface area contributed by atoms with Crippen molar-refractivity contribution in [2.45, 2.75) is 39.7 Å². The summed E-state index contributed by atoms with van der Waals surface area (Å²) in [7, 11) is 0. The molecule has 6 heteroatoms. The number of aromatic nitrogens is 2. The molecule has 0 saturated carbocycles. The summed E-state index contributed by atoms with van der Waals surface area (Å²) in [5.74, 6) is 0.0818. The van der Waals surface area contributed by atoms with Crippen LogP contribution in [0.25, 0.3) is 0 Å². The van der Waals surface area contributed by atoms with Gasteiger partial charge in [0.2, 0.25) is 0 Å². The summed E-state index contributed by atoms with van der Waals surface area (Å²) in [5.41, 5.74) is 1.69. The Balaban J connectivity index is 2.05. The number of hydrogen-bond donors (Lipinski definition) is 1. The molecule has 0 unspecified atom stereocenters. The summed E-state index contributed by atoms with van der Waals surface area (Å²) in [6, 6.07) is 0.364. The Morgan fingerprint density at radius 1 is 1.27 bits per heavy atom. The van der Waals surface area contributed by atoms with Crippen molar-refractivity contribution in [3.8, 4) is 0 Å². The van der Waals surface area contributed by atoms with Crippen LogP contribution < -0.4 is 0 Å². The molecule has 2 rings (SSSR count). The first kappa shape index (κ1) is 17.0. The lowest BCUT2D eigenvalue weighted by molar-refractivity contribution is 0.0614. The van der Waals surface area contributed by atoms with E-state index in [1.807, 2.05) is 16.5 Å². The van der Waals surface area contributed by atoms with Gasteiger partial charge in [0.1, 0.15) is 0 Å². The second-order valence-electron chi connectivity index (χ2n) is 5.92. The zero-order valence-electron chi connectivity index (χ0n) is 14.0. The summed E-state index contributed by atoms with van der Waals surface area (Å²) < 4.78 is 2.00. The molecule has 1 aromatic heterocycles. The van der Waals surface area contributed by atoms with Crippen molar-refractivity contribution >= 4 is 5.91 Å². The van der Waals surface area contributed by atoms with E-state index in [0.717, 1.165) is 37.2 Å². The molecule has 0 aliphatic carbocycles. The smallest absolute Gasteiger partial charge is 0.257 e. The second kappa shape index (κ2) is 7.74. The molecule has 1 aliphatic rings. The van der Waals surface area contributed by atoms with Gasteiger partial charge in [-0.25, -0.2) is 0 Å². The average Bonchev–Trinajstić information content (AvgIpc) is 2.91. The maximum Gasteiger partial charge on any atom is 0.257 e. The lowest BCUT2D eigenvalue weighted by atomic mass is 10.1.